The number of hydrogen-bond donors (Lipinski definition) is 1. The van der Waals surface area contributed by atoms with Crippen LogP contribution < -0.4 is 10.2 Å². The molecule has 8 nitrogen and oxygen atoms in total. The largest absolute Gasteiger partial charge is 0.348 e. The van der Waals surface area contributed by atoms with E-state index in [9.17, 15) is 0 Å². The molecule has 4 aromatic heterocycles. The van der Waals surface area contributed by atoms with Crippen molar-refractivity contribution in [2.75, 3.05) is 11.9 Å². The van der Waals surface area contributed by atoms with Gasteiger partial charge in [-0.2, -0.15) is 5.10 Å². The van der Waals surface area contributed by atoms with Gasteiger partial charge in [0, 0.05) is 43.0 Å². The molecule has 0 radical (unpaired) electrons. The van der Waals surface area contributed by atoms with Crippen molar-refractivity contribution in [2.24, 2.45) is 7.05 Å². The van der Waals surface area contributed by atoms with Crippen LogP contribution in [0.4, 0.5) is 5.13 Å². The lowest BCUT2D eigenvalue weighted by Crippen LogP contribution is -2.61. The molecule has 0 atom stereocenters. The monoisotopic (exact) mass is 504 g/mol. The number of rotatable bonds is 4. The molecule has 1 fully saturated rings. The summed E-state index contributed by atoms with van der Waals surface area (Å²) in [6.45, 7) is 9.13. The number of nitrogens with zero attached hydrogens (tertiary/aromatic N) is 7. The highest BCUT2D eigenvalue weighted by atomic mass is 35.5. The summed E-state index contributed by atoms with van der Waals surface area (Å²) in [6, 6.07) is 0.437. The molecule has 33 heavy (non-hydrogen) atoms. The molecule has 1 aliphatic rings. The minimum atomic E-state index is 0. The third kappa shape index (κ3) is 4.89. The van der Waals surface area contributed by atoms with Crippen LogP contribution in [-0.4, -0.2) is 53.9 Å². The minimum absolute atomic E-state index is 0. The molecular weight excluding hydrogens is 476 g/mol. The van der Waals surface area contributed by atoms with Gasteiger partial charge in [-0.3, -0.25) is 9.67 Å². The number of aromatic nitrogens is 6. The third-order valence-electron chi connectivity index (χ3n) is 5.85. The molecule has 5 rings (SSSR count). The summed E-state index contributed by atoms with van der Waals surface area (Å²) >= 11 is 3.22. The van der Waals surface area contributed by atoms with Gasteiger partial charge in [-0.1, -0.05) is 22.7 Å². The highest BCUT2D eigenvalue weighted by Crippen LogP contribution is 2.38. The van der Waals surface area contributed by atoms with Crippen molar-refractivity contribution >= 4 is 49.9 Å². The summed E-state index contributed by atoms with van der Waals surface area (Å²) in [6.07, 6.45) is 9.42. The lowest BCUT2D eigenvalue weighted by atomic mass is 9.79. The number of fused-ring (bicyclic) bond motifs is 1. The zero-order chi connectivity index (χ0) is 22.7. The van der Waals surface area contributed by atoms with Gasteiger partial charge in [0.25, 0.3) is 0 Å². The second-order valence-electron chi connectivity index (χ2n) is 9.88. The van der Waals surface area contributed by atoms with Crippen molar-refractivity contribution in [1.29, 1.82) is 0 Å². The van der Waals surface area contributed by atoms with Gasteiger partial charge in [-0.05, 0) is 40.5 Å². The Kier molecular flexibility index (Phi) is 6.24. The fourth-order valence-electron chi connectivity index (χ4n) is 4.73. The number of aryl methyl sites for hydroxylation is 1. The van der Waals surface area contributed by atoms with E-state index in [-0.39, 0.29) is 23.5 Å². The normalized spacial score (nSPS) is 17.8. The Morgan fingerprint density at radius 3 is 2.18 bits per heavy atom. The average Bonchev–Trinajstić information content (AvgIpc) is 3.39. The van der Waals surface area contributed by atoms with Gasteiger partial charge < -0.3 is 10.2 Å². The first kappa shape index (κ1) is 24.0. The lowest BCUT2D eigenvalue weighted by molar-refractivity contribution is 0.161. The molecule has 5 heterocycles. The predicted octanol–water partition coefficient (Wildman–Crippen LogP) is 4.78. The molecular formula is C22H29ClN8S2. The van der Waals surface area contributed by atoms with Crippen LogP contribution in [0.2, 0.25) is 0 Å². The Balaban J connectivity index is 0.00000259. The van der Waals surface area contributed by atoms with Crippen LogP contribution in [0.15, 0.2) is 24.8 Å². The van der Waals surface area contributed by atoms with Gasteiger partial charge in [0.1, 0.15) is 10.7 Å². The van der Waals surface area contributed by atoms with Crippen molar-refractivity contribution < 1.29 is 0 Å². The topological polar surface area (TPSA) is 84.7 Å². The van der Waals surface area contributed by atoms with E-state index in [1.165, 1.54) is 0 Å². The van der Waals surface area contributed by atoms with Gasteiger partial charge in [0.05, 0.1) is 24.3 Å². The molecule has 0 unspecified atom stereocenters. The Hall–Kier alpha value is -2.14. The standard InChI is InChI=1S/C22H28N8S2.ClH/c1-21(2)7-14(8-22(3,4)28-21)30(6)20-27-19-18(32-20)26-17(31-19)16-11-23-15(10-24-16)13-9-25-29(5)12-13;/h9-12,14,28H,7-8H2,1-6H3;1H. The van der Waals surface area contributed by atoms with Crippen molar-refractivity contribution in [3.05, 3.63) is 24.8 Å². The van der Waals surface area contributed by atoms with Gasteiger partial charge >= 0.3 is 0 Å². The third-order valence-corrected chi connectivity index (χ3v) is 8.00. The van der Waals surface area contributed by atoms with E-state index in [1.54, 1.807) is 45.9 Å². The van der Waals surface area contributed by atoms with E-state index in [0.29, 0.717) is 6.04 Å². The van der Waals surface area contributed by atoms with Crippen LogP contribution in [0.5, 0.6) is 0 Å². The van der Waals surface area contributed by atoms with Crippen molar-refractivity contribution in [3.8, 4) is 22.0 Å². The molecule has 0 bridgehead atoms. The van der Waals surface area contributed by atoms with Crippen molar-refractivity contribution in [1.82, 2.24) is 35.0 Å². The fraction of sp³-hybridized carbons (Fsp3) is 0.500. The van der Waals surface area contributed by atoms with E-state index >= 15 is 0 Å². The molecule has 1 aliphatic heterocycles. The number of thiazole rings is 2. The van der Waals surface area contributed by atoms with Crippen LogP contribution in [-0.2, 0) is 7.05 Å². The van der Waals surface area contributed by atoms with E-state index in [0.717, 1.165) is 49.6 Å². The fourth-order valence-corrected chi connectivity index (χ4v) is 6.76. The van der Waals surface area contributed by atoms with Crippen molar-refractivity contribution in [3.63, 3.8) is 0 Å². The van der Waals surface area contributed by atoms with Crippen LogP contribution in [0.1, 0.15) is 40.5 Å². The van der Waals surface area contributed by atoms with E-state index in [1.807, 2.05) is 13.2 Å². The van der Waals surface area contributed by atoms with E-state index in [2.05, 4.69) is 60.0 Å². The maximum Gasteiger partial charge on any atom is 0.188 e. The molecule has 1 N–H and O–H groups in total. The van der Waals surface area contributed by atoms with Gasteiger partial charge in [0.15, 0.2) is 14.8 Å². The zero-order valence-corrected chi connectivity index (χ0v) is 22.1. The molecule has 0 spiro atoms. The van der Waals surface area contributed by atoms with Gasteiger partial charge in [0.2, 0.25) is 0 Å². The Bertz CT molecular complexity index is 1210. The molecule has 0 amide bonds. The number of piperidine rings is 1. The molecule has 1 saturated heterocycles. The molecule has 176 valence electrons. The van der Waals surface area contributed by atoms with Crippen LogP contribution in [0.3, 0.4) is 0 Å². The number of halogens is 1. The molecule has 0 aromatic carbocycles. The highest BCUT2D eigenvalue weighted by Gasteiger charge is 2.39. The quantitative estimate of drug-likeness (QED) is 0.428. The summed E-state index contributed by atoms with van der Waals surface area (Å²) < 4.78 is 1.76. The first-order valence-corrected chi connectivity index (χ1v) is 12.3. The maximum absolute atomic E-state index is 4.92. The first-order chi connectivity index (χ1) is 15.1. The van der Waals surface area contributed by atoms with Gasteiger partial charge in [-0.25, -0.2) is 15.0 Å². The van der Waals surface area contributed by atoms with Crippen LogP contribution in [0.25, 0.3) is 31.6 Å². The Morgan fingerprint density at radius 1 is 0.970 bits per heavy atom. The zero-order valence-electron chi connectivity index (χ0n) is 19.7. The highest BCUT2D eigenvalue weighted by molar-refractivity contribution is 7.29. The predicted molar refractivity (Wildman–Crippen MR) is 138 cm³/mol. The molecule has 0 aliphatic carbocycles. The van der Waals surface area contributed by atoms with E-state index in [4.69, 9.17) is 9.97 Å². The summed E-state index contributed by atoms with van der Waals surface area (Å²) in [5, 5.41) is 9.83. The summed E-state index contributed by atoms with van der Waals surface area (Å²) in [5.41, 5.74) is 2.72. The number of anilines is 1. The summed E-state index contributed by atoms with van der Waals surface area (Å²) in [7, 11) is 4.05. The smallest absolute Gasteiger partial charge is 0.188 e. The second kappa shape index (κ2) is 8.57. The Labute approximate surface area is 207 Å². The summed E-state index contributed by atoms with van der Waals surface area (Å²) in [4.78, 5) is 23.1. The maximum atomic E-state index is 4.92. The number of hydrogen-bond acceptors (Lipinski definition) is 9. The molecule has 4 aromatic rings. The van der Waals surface area contributed by atoms with Crippen LogP contribution in [0, 0.1) is 0 Å². The average molecular weight is 505 g/mol. The first-order valence-electron chi connectivity index (χ1n) is 10.7. The van der Waals surface area contributed by atoms with E-state index < -0.39 is 0 Å². The SMILES string of the molecule is CN(c1nc2sc(-c3cnc(-c4cnn(C)c4)cn3)nc2s1)C1CC(C)(C)NC(C)(C)C1.Cl. The second-order valence-corrected chi connectivity index (χ2v) is 11.8. The summed E-state index contributed by atoms with van der Waals surface area (Å²) in [5.74, 6) is 0. The van der Waals surface area contributed by atoms with Crippen molar-refractivity contribution in [2.45, 2.75) is 57.7 Å². The molecule has 0 saturated carbocycles. The van der Waals surface area contributed by atoms with Gasteiger partial charge in [-0.15, -0.1) is 12.4 Å². The minimum Gasteiger partial charge on any atom is -0.348 e. The lowest BCUT2D eigenvalue weighted by Gasteiger charge is -2.48. The Morgan fingerprint density at radius 2 is 1.61 bits per heavy atom. The van der Waals surface area contributed by atoms with Crippen LogP contribution >= 0.6 is 35.1 Å². The molecule has 11 heteroatoms. The number of nitrogens with one attached hydrogen (secondary N) is 1.